The summed E-state index contributed by atoms with van der Waals surface area (Å²) in [7, 11) is 0. The molecular weight excluding hydrogens is 437 g/mol. The van der Waals surface area contributed by atoms with Gasteiger partial charge >= 0.3 is 0 Å². The van der Waals surface area contributed by atoms with Crippen LogP contribution in [0.25, 0.3) is 22.0 Å². The first-order chi connectivity index (χ1) is 13.9. The molecule has 0 unspecified atom stereocenters. The second-order valence-electron chi connectivity index (χ2n) is 6.06. The Morgan fingerprint density at radius 2 is 1.83 bits per heavy atom. The summed E-state index contributed by atoms with van der Waals surface area (Å²) in [6.45, 7) is 0. The van der Waals surface area contributed by atoms with Gasteiger partial charge in [-0.15, -0.1) is 0 Å². The van der Waals surface area contributed by atoms with Crippen molar-refractivity contribution >= 4 is 57.7 Å². The first kappa shape index (κ1) is 19.7. The van der Waals surface area contributed by atoms with Gasteiger partial charge in [-0.2, -0.15) is 0 Å². The Balaban J connectivity index is 1.69. The molecule has 29 heavy (non-hydrogen) atoms. The summed E-state index contributed by atoms with van der Waals surface area (Å²) in [5.41, 5.74) is 6.72. The minimum Gasteiger partial charge on any atom is -0.368 e. The molecule has 146 valence electrons. The van der Waals surface area contributed by atoms with Crippen molar-refractivity contribution in [2.24, 2.45) is 0 Å². The van der Waals surface area contributed by atoms with Crippen molar-refractivity contribution in [3.8, 4) is 11.1 Å². The predicted octanol–water partition coefficient (Wildman–Crippen LogP) is 6.58. The third-order valence-corrected chi connectivity index (χ3v) is 5.70. The van der Waals surface area contributed by atoms with Gasteiger partial charge in [0.05, 0.1) is 10.5 Å². The molecule has 4 rings (SSSR count). The molecule has 0 amide bonds. The zero-order chi connectivity index (χ0) is 20.5. The lowest BCUT2D eigenvalue weighted by atomic mass is 10.0. The molecule has 0 aliphatic heterocycles. The van der Waals surface area contributed by atoms with E-state index in [1.54, 1.807) is 42.6 Å². The van der Waals surface area contributed by atoms with Crippen LogP contribution < -0.4 is 10.5 Å². The Morgan fingerprint density at radius 1 is 1.00 bits per heavy atom. The molecule has 4 aromatic rings. The average Bonchev–Trinajstić information content (AvgIpc) is 2.70. The second-order valence-corrected chi connectivity index (χ2v) is 7.76. The molecule has 0 fully saturated rings. The number of hydrogen-bond donors (Lipinski definition) is 2. The van der Waals surface area contributed by atoms with Crippen molar-refractivity contribution in [2.45, 2.75) is 4.90 Å². The number of benzene rings is 3. The molecule has 3 N–H and O–H groups in total. The van der Waals surface area contributed by atoms with E-state index in [1.165, 1.54) is 12.1 Å². The number of nitrogens with one attached hydrogen (secondary N) is 1. The summed E-state index contributed by atoms with van der Waals surface area (Å²) in [6, 6.07) is 12.5. The van der Waals surface area contributed by atoms with Crippen LogP contribution in [0.5, 0.6) is 0 Å². The van der Waals surface area contributed by atoms with Gasteiger partial charge in [-0.3, -0.25) is 0 Å². The molecule has 4 nitrogen and oxygen atoms in total. The molecule has 3 aromatic carbocycles. The van der Waals surface area contributed by atoms with Crippen LogP contribution in [-0.4, -0.2) is 9.97 Å². The Labute approximate surface area is 179 Å². The Hall–Kier alpha value is -2.61. The van der Waals surface area contributed by atoms with Gasteiger partial charge in [0, 0.05) is 27.1 Å². The summed E-state index contributed by atoms with van der Waals surface area (Å²) < 4.78 is 32.2. The number of aromatic nitrogens is 2. The van der Waals surface area contributed by atoms with Crippen molar-refractivity contribution in [3.63, 3.8) is 0 Å². The molecule has 0 atom stereocenters. The van der Waals surface area contributed by atoms with E-state index in [4.69, 9.17) is 28.9 Å². The highest BCUT2D eigenvalue weighted by molar-refractivity contribution is 8.00. The van der Waals surface area contributed by atoms with E-state index in [2.05, 4.69) is 14.7 Å². The smallest absolute Gasteiger partial charge is 0.220 e. The summed E-state index contributed by atoms with van der Waals surface area (Å²) in [4.78, 5) is 8.61. The fraction of sp³-hybridized carbons (Fsp3) is 0. The third kappa shape index (κ3) is 4.07. The highest BCUT2D eigenvalue weighted by Crippen LogP contribution is 2.36. The number of anilines is 2. The molecule has 0 radical (unpaired) electrons. The van der Waals surface area contributed by atoms with Crippen LogP contribution in [0.3, 0.4) is 0 Å². The zero-order valence-corrected chi connectivity index (χ0v) is 16.9. The van der Waals surface area contributed by atoms with Gasteiger partial charge in [0.25, 0.3) is 0 Å². The topological polar surface area (TPSA) is 63.8 Å². The van der Waals surface area contributed by atoms with Crippen molar-refractivity contribution in [1.82, 2.24) is 9.97 Å². The summed E-state index contributed by atoms with van der Waals surface area (Å²) in [5, 5.41) is 1.57. The normalized spacial score (nSPS) is 11.0. The number of rotatable bonds is 4. The number of nitrogen functional groups attached to an aromatic ring is 1. The van der Waals surface area contributed by atoms with Crippen molar-refractivity contribution in [3.05, 3.63) is 76.4 Å². The van der Waals surface area contributed by atoms with E-state index in [1.807, 2.05) is 0 Å². The van der Waals surface area contributed by atoms with Gasteiger partial charge in [0.2, 0.25) is 5.95 Å². The fourth-order valence-corrected chi connectivity index (χ4v) is 3.97. The Kier molecular flexibility index (Phi) is 5.45. The van der Waals surface area contributed by atoms with Gasteiger partial charge in [-0.05, 0) is 60.0 Å². The molecular formula is C20H12Cl2F2N4S. The van der Waals surface area contributed by atoms with Crippen molar-refractivity contribution in [1.29, 1.82) is 0 Å². The van der Waals surface area contributed by atoms with E-state index >= 15 is 4.39 Å². The summed E-state index contributed by atoms with van der Waals surface area (Å²) >= 11 is 13.0. The number of hydrogen-bond acceptors (Lipinski definition) is 5. The molecule has 0 bridgehead atoms. The largest absolute Gasteiger partial charge is 0.368 e. The SMILES string of the molecule is Nc1ncc2cc(-c3ccc(F)c(NSc4cc(Cl)ccc4Cl)c3F)ccc2n1. The maximum absolute atomic E-state index is 15.1. The van der Waals surface area contributed by atoms with Crippen LogP contribution in [0.4, 0.5) is 20.4 Å². The maximum atomic E-state index is 15.1. The third-order valence-electron chi connectivity index (χ3n) is 4.16. The first-order valence-corrected chi connectivity index (χ1v) is 9.88. The minimum atomic E-state index is -0.730. The van der Waals surface area contributed by atoms with Crippen LogP contribution in [0, 0.1) is 11.6 Å². The van der Waals surface area contributed by atoms with E-state index in [-0.39, 0.29) is 17.2 Å². The first-order valence-electron chi connectivity index (χ1n) is 8.31. The molecule has 9 heteroatoms. The predicted molar refractivity (Wildman–Crippen MR) is 115 cm³/mol. The highest BCUT2D eigenvalue weighted by atomic mass is 35.5. The van der Waals surface area contributed by atoms with E-state index < -0.39 is 11.6 Å². The van der Waals surface area contributed by atoms with Gasteiger partial charge in [-0.1, -0.05) is 29.3 Å². The second kappa shape index (κ2) is 8.02. The average molecular weight is 449 g/mol. The van der Waals surface area contributed by atoms with E-state index in [0.717, 1.165) is 11.9 Å². The monoisotopic (exact) mass is 448 g/mol. The van der Waals surface area contributed by atoms with Crippen LogP contribution >= 0.6 is 35.1 Å². The standard InChI is InChI=1S/C20H12Cl2F2N4S/c21-12-2-4-14(22)17(8-12)29-28-19-15(23)5-3-13(18(19)24)10-1-6-16-11(7-10)9-26-20(25)27-16/h1-9,28H,(H2,25,26,27). The number of halogens is 4. The molecule has 0 spiro atoms. The van der Waals surface area contributed by atoms with Crippen LogP contribution in [0.1, 0.15) is 0 Å². The van der Waals surface area contributed by atoms with E-state index in [9.17, 15) is 4.39 Å². The van der Waals surface area contributed by atoms with Crippen LogP contribution in [0.15, 0.2) is 59.6 Å². The van der Waals surface area contributed by atoms with Gasteiger partial charge < -0.3 is 10.5 Å². The molecule has 1 heterocycles. The molecule has 0 aliphatic carbocycles. The number of nitrogens with zero attached hydrogens (tertiary/aromatic N) is 2. The van der Waals surface area contributed by atoms with Gasteiger partial charge in [0.1, 0.15) is 11.5 Å². The summed E-state index contributed by atoms with van der Waals surface area (Å²) in [6.07, 6.45) is 1.55. The van der Waals surface area contributed by atoms with Gasteiger partial charge in [0.15, 0.2) is 5.82 Å². The molecule has 1 aromatic heterocycles. The quantitative estimate of drug-likeness (QED) is 0.345. The lowest BCUT2D eigenvalue weighted by Gasteiger charge is -2.13. The zero-order valence-electron chi connectivity index (χ0n) is 14.6. The fourth-order valence-electron chi connectivity index (χ4n) is 2.75. The number of fused-ring (bicyclic) bond motifs is 1. The maximum Gasteiger partial charge on any atom is 0.220 e. The molecule has 0 aliphatic rings. The lowest BCUT2D eigenvalue weighted by molar-refractivity contribution is 0.594. The highest BCUT2D eigenvalue weighted by Gasteiger charge is 2.16. The van der Waals surface area contributed by atoms with Crippen LogP contribution in [0.2, 0.25) is 10.0 Å². The Bertz CT molecular complexity index is 1240. The van der Waals surface area contributed by atoms with Crippen molar-refractivity contribution < 1.29 is 8.78 Å². The Morgan fingerprint density at radius 3 is 2.66 bits per heavy atom. The minimum absolute atomic E-state index is 0.154. The molecule has 0 saturated heterocycles. The van der Waals surface area contributed by atoms with Crippen molar-refractivity contribution in [2.75, 3.05) is 10.5 Å². The lowest BCUT2D eigenvalue weighted by Crippen LogP contribution is -1.98. The van der Waals surface area contributed by atoms with Crippen LogP contribution in [-0.2, 0) is 0 Å². The van der Waals surface area contributed by atoms with Gasteiger partial charge in [-0.25, -0.2) is 18.7 Å². The summed E-state index contributed by atoms with van der Waals surface area (Å²) in [5.74, 6) is -1.30. The van der Waals surface area contributed by atoms with E-state index in [0.29, 0.717) is 31.4 Å². The number of nitrogens with two attached hydrogens (primary N) is 1. The molecule has 0 saturated carbocycles.